The van der Waals surface area contributed by atoms with Gasteiger partial charge in [0.1, 0.15) is 6.10 Å². The van der Waals surface area contributed by atoms with E-state index in [1.807, 2.05) is 12.1 Å². The van der Waals surface area contributed by atoms with Crippen LogP contribution in [0.25, 0.3) is 11.3 Å². The van der Waals surface area contributed by atoms with Crippen LogP contribution < -0.4 is 0 Å². The summed E-state index contributed by atoms with van der Waals surface area (Å²) in [6.45, 7) is 3.63. The zero-order valence-corrected chi connectivity index (χ0v) is 12.6. The molecule has 5 nitrogen and oxygen atoms in total. The van der Waals surface area contributed by atoms with Crippen LogP contribution in [0.4, 0.5) is 0 Å². The molecule has 0 bridgehead atoms. The lowest BCUT2D eigenvalue weighted by Crippen LogP contribution is -2.22. The van der Waals surface area contributed by atoms with Crippen molar-refractivity contribution in [2.24, 2.45) is 5.92 Å². The van der Waals surface area contributed by atoms with Gasteiger partial charge in [-0.1, -0.05) is 23.7 Å². The van der Waals surface area contributed by atoms with Gasteiger partial charge in [-0.05, 0) is 32.0 Å². The fourth-order valence-electron chi connectivity index (χ4n) is 1.93. The molecule has 2 rings (SSSR count). The molecular formula is C15H17ClN2O3. The summed E-state index contributed by atoms with van der Waals surface area (Å²) in [6, 6.07) is 8.92. The third-order valence-corrected chi connectivity index (χ3v) is 3.44. The zero-order chi connectivity index (χ0) is 15.4. The molecule has 21 heavy (non-hydrogen) atoms. The maximum absolute atomic E-state index is 11.6. The second kappa shape index (κ2) is 6.74. The van der Waals surface area contributed by atoms with Gasteiger partial charge in [0, 0.05) is 10.6 Å². The molecule has 0 aliphatic carbocycles. The number of hydrogen-bond donors (Lipinski definition) is 2. The van der Waals surface area contributed by atoms with Crippen LogP contribution in [0.5, 0.6) is 0 Å². The standard InChI is InChI=1S/C15H17ClN2O3/c1-3-21-15(20)9(2)14(19)13-8-12(17-18-13)10-4-6-11(16)7-5-10/h4-9,14,19H,3H2,1-2H3,(H,17,18)/t9-,14-/m0/s1. The Labute approximate surface area is 127 Å². The number of nitrogens with one attached hydrogen (secondary N) is 1. The summed E-state index contributed by atoms with van der Waals surface area (Å²) in [5.41, 5.74) is 2.02. The number of nitrogens with zero attached hydrogens (tertiary/aromatic N) is 1. The number of ether oxygens (including phenoxy) is 1. The second-order valence-corrected chi connectivity index (χ2v) is 5.14. The molecule has 2 N–H and O–H groups in total. The van der Waals surface area contributed by atoms with E-state index in [-0.39, 0.29) is 6.61 Å². The molecule has 0 unspecified atom stereocenters. The minimum atomic E-state index is -0.988. The third-order valence-electron chi connectivity index (χ3n) is 3.19. The van der Waals surface area contributed by atoms with Crippen molar-refractivity contribution in [3.63, 3.8) is 0 Å². The number of H-pyrrole nitrogens is 1. The first kappa shape index (κ1) is 15.5. The topological polar surface area (TPSA) is 75.2 Å². The number of aromatic nitrogens is 2. The number of aliphatic hydroxyl groups is 1. The normalized spacial score (nSPS) is 13.7. The average molecular weight is 309 g/mol. The fourth-order valence-corrected chi connectivity index (χ4v) is 2.05. The van der Waals surface area contributed by atoms with Gasteiger partial charge in [0.15, 0.2) is 0 Å². The van der Waals surface area contributed by atoms with Crippen molar-refractivity contribution >= 4 is 17.6 Å². The van der Waals surface area contributed by atoms with Gasteiger partial charge in [-0.3, -0.25) is 9.89 Å². The Morgan fingerprint density at radius 2 is 2.10 bits per heavy atom. The SMILES string of the molecule is CCOC(=O)[C@@H](C)[C@H](O)c1cc(-c2ccc(Cl)cc2)n[nH]1. The highest BCUT2D eigenvalue weighted by atomic mass is 35.5. The average Bonchev–Trinajstić information content (AvgIpc) is 2.96. The van der Waals surface area contributed by atoms with Crippen LogP contribution in [-0.2, 0) is 9.53 Å². The lowest BCUT2D eigenvalue weighted by molar-refractivity contribution is -0.151. The Morgan fingerprint density at radius 1 is 1.43 bits per heavy atom. The molecule has 1 heterocycles. The molecule has 0 amide bonds. The van der Waals surface area contributed by atoms with E-state index in [0.29, 0.717) is 16.4 Å². The Balaban J connectivity index is 2.15. The van der Waals surface area contributed by atoms with Gasteiger partial charge in [-0.25, -0.2) is 0 Å². The Bertz CT molecular complexity index is 610. The number of halogens is 1. The van der Waals surface area contributed by atoms with Crippen molar-refractivity contribution in [1.29, 1.82) is 0 Å². The van der Waals surface area contributed by atoms with Crippen LogP contribution in [0.15, 0.2) is 30.3 Å². The monoisotopic (exact) mass is 308 g/mol. The first-order valence-corrected chi connectivity index (χ1v) is 7.06. The van der Waals surface area contributed by atoms with Gasteiger partial charge in [-0.2, -0.15) is 5.10 Å². The molecule has 0 saturated carbocycles. The molecule has 1 aromatic heterocycles. The van der Waals surface area contributed by atoms with Gasteiger partial charge in [0.25, 0.3) is 0 Å². The van der Waals surface area contributed by atoms with Crippen LogP contribution in [0.2, 0.25) is 5.02 Å². The van der Waals surface area contributed by atoms with Gasteiger partial charge in [-0.15, -0.1) is 0 Å². The molecule has 0 spiro atoms. The Hall–Kier alpha value is -1.85. The predicted molar refractivity (Wildman–Crippen MR) is 79.8 cm³/mol. The molecule has 6 heteroatoms. The fraction of sp³-hybridized carbons (Fsp3) is 0.333. The molecule has 0 fully saturated rings. The molecule has 1 aromatic carbocycles. The van der Waals surface area contributed by atoms with Crippen molar-refractivity contribution in [2.45, 2.75) is 20.0 Å². The maximum atomic E-state index is 11.6. The van der Waals surface area contributed by atoms with E-state index >= 15 is 0 Å². The summed E-state index contributed by atoms with van der Waals surface area (Å²) >= 11 is 5.84. The van der Waals surface area contributed by atoms with Crippen molar-refractivity contribution in [3.8, 4) is 11.3 Å². The van der Waals surface area contributed by atoms with E-state index in [0.717, 1.165) is 5.56 Å². The Kier molecular flexibility index (Phi) is 4.98. The molecule has 0 radical (unpaired) electrons. The minimum Gasteiger partial charge on any atom is -0.466 e. The van der Waals surface area contributed by atoms with Crippen LogP contribution >= 0.6 is 11.6 Å². The van der Waals surface area contributed by atoms with Crippen LogP contribution in [0.3, 0.4) is 0 Å². The summed E-state index contributed by atoms with van der Waals surface area (Å²) in [7, 11) is 0. The number of esters is 1. The van der Waals surface area contributed by atoms with Gasteiger partial charge >= 0.3 is 5.97 Å². The number of hydrogen-bond acceptors (Lipinski definition) is 4. The minimum absolute atomic E-state index is 0.287. The second-order valence-electron chi connectivity index (χ2n) is 4.70. The van der Waals surface area contributed by atoms with Crippen LogP contribution in [0, 0.1) is 5.92 Å². The van der Waals surface area contributed by atoms with Crippen LogP contribution in [0.1, 0.15) is 25.6 Å². The quantitative estimate of drug-likeness (QED) is 0.833. The highest BCUT2D eigenvalue weighted by molar-refractivity contribution is 6.30. The molecule has 2 atom stereocenters. The van der Waals surface area contributed by atoms with Crippen molar-refractivity contribution < 1.29 is 14.6 Å². The van der Waals surface area contributed by atoms with Crippen molar-refractivity contribution in [1.82, 2.24) is 10.2 Å². The summed E-state index contributed by atoms with van der Waals surface area (Å²) in [4.78, 5) is 11.6. The molecular weight excluding hydrogens is 292 g/mol. The summed E-state index contributed by atoms with van der Waals surface area (Å²) in [6.07, 6.45) is -0.988. The number of aliphatic hydroxyl groups excluding tert-OH is 1. The van der Waals surface area contributed by atoms with E-state index < -0.39 is 18.0 Å². The van der Waals surface area contributed by atoms with Crippen molar-refractivity contribution in [2.75, 3.05) is 6.61 Å². The number of carbonyl (C=O) groups excluding carboxylic acids is 1. The summed E-state index contributed by atoms with van der Waals surface area (Å²) in [5.74, 6) is -1.10. The molecule has 0 saturated heterocycles. The van der Waals surface area contributed by atoms with E-state index in [9.17, 15) is 9.90 Å². The smallest absolute Gasteiger partial charge is 0.311 e. The van der Waals surface area contributed by atoms with Gasteiger partial charge < -0.3 is 9.84 Å². The number of rotatable bonds is 5. The predicted octanol–water partition coefficient (Wildman–Crippen LogP) is 2.96. The number of benzene rings is 1. The van der Waals surface area contributed by atoms with E-state index in [1.165, 1.54) is 0 Å². The first-order valence-electron chi connectivity index (χ1n) is 6.69. The van der Waals surface area contributed by atoms with E-state index in [1.54, 1.807) is 32.0 Å². The third kappa shape index (κ3) is 3.62. The number of carbonyl (C=O) groups is 1. The van der Waals surface area contributed by atoms with Crippen LogP contribution in [-0.4, -0.2) is 27.9 Å². The molecule has 0 aliphatic rings. The lowest BCUT2D eigenvalue weighted by Gasteiger charge is -2.15. The highest BCUT2D eigenvalue weighted by Crippen LogP contribution is 2.26. The summed E-state index contributed by atoms with van der Waals surface area (Å²) in [5, 5.41) is 17.7. The zero-order valence-electron chi connectivity index (χ0n) is 11.8. The molecule has 112 valence electrons. The highest BCUT2D eigenvalue weighted by Gasteiger charge is 2.26. The molecule has 2 aromatic rings. The number of aromatic amines is 1. The first-order chi connectivity index (χ1) is 10.0. The largest absolute Gasteiger partial charge is 0.466 e. The maximum Gasteiger partial charge on any atom is 0.311 e. The van der Waals surface area contributed by atoms with Crippen molar-refractivity contribution in [3.05, 3.63) is 41.0 Å². The van der Waals surface area contributed by atoms with Gasteiger partial charge in [0.05, 0.1) is 23.9 Å². The van der Waals surface area contributed by atoms with E-state index in [4.69, 9.17) is 16.3 Å². The molecule has 0 aliphatic heterocycles. The van der Waals surface area contributed by atoms with Gasteiger partial charge in [0.2, 0.25) is 0 Å². The summed E-state index contributed by atoms with van der Waals surface area (Å²) < 4.78 is 4.90. The lowest BCUT2D eigenvalue weighted by atomic mass is 10.0. The Morgan fingerprint density at radius 3 is 2.71 bits per heavy atom. The van der Waals surface area contributed by atoms with E-state index in [2.05, 4.69) is 10.2 Å².